The van der Waals surface area contributed by atoms with E-state index in [2.05, 4.69) is 21.2 Å². The van der Waals surface area contributed by atoms with Crippen LogP contribution in [0, 0.1) is 0 Å². The van der Waals surface area contributed by atoms with Crippen molar-refractivity contribution in [1.29, 1.82) is 0 Å². The molecular formula is C16H16BrClN2O. The quantitative estimate of drug-likeness (QED) is 0.860. The lowest BCUT2D eigenvalue weighted by molar-refractivity contribution is -0.117. The second-order valence-electron chi connectivity index (χ2n) is 4.83. The van der Waals surface area contributed by atoms with Crippen molar-refractivity contribution in [1.82, 2.24) is 4.90 Å². The maximum absolute atomic E-state index is 12.0. The molecule has 110 valence electrons. The Labute approximate surface area is 138 Å². The summed E-state index contributed by atoms with van der Waals surface area (Å²) in [4.78, 5) is 14.0. The van der Waals surface area contributed by atoms with Gasteiger partial charge in [0.05, 0.1) is 12.2 Å². The summed E-state index contributed by atoms with van der Waals surface area (Å²) in [5.74, 6) is -0.0432. The van der Waals surface area contributed by atoms with Gasteiger partial charge in [-0.1, -0.05) is 35.9 Å². The first kappa shape index (κ1) is 16.0. The SMILES string of the molecule is CN(CC(=O)Nc1ccccc1Br)Cc1ccc(Cl)cc1. The van der Waals surface area contributed by atoms with Crippen LogP contribution < -0.4 is 5.32 Å². The number of carbonyl (C=O) groups excluding carboxylic acids is 1. The second-order valence-corrected chi connectivity index (χ2v) is 6.12. The molecule has 0 aromatic heterocycles. The Morgan fingerprint density at radius 3 is 2.52 bits per heavy atom. The van der Waals surface area contributed by atoms with E-state index in [1.54, 1.807) is 0 Å². The number of amides is 1. The molecule has 1 amide bonds. The molecule has 2 rings (SSSR count). The third kappa shape index (κ3) is 5.16. The first-order valence-electron chi connectivity index (χ1n) is 6.52. The van der Waals surface area contributed by atoms with E-state index in [0.29, 0.717) is 18.1 Å². The van der Waals surface area contributed by atoms with E-state index in [4.69, 9.17) is 11.6 Å². The number of halogens is 2. The molecule has 0 aliphatic heterocycles. The van der Waals surface area contributed by atoms with Gasteiger partial charge in [-0.3, -0.25) is 9.69 Å². The number of likely N-dealkylation sites (N-methyl/N-ethyl adjacent to an activating group) is 1. The minimum Gasteiger partial charge on any atom is -0.324 e. The van der Waals surface area contributed by atoms with Crippen LogP contribution in [-0.4, -0.2) is 24.4 Å². The predicted molar refractivity (Wildman–Crippen MR) is 90.6 cm³/mol. The molecular weight excluding hydrogens is 352 g/mol. The average Bonchev–Trinajstić information content (AvgIpc) is 2.44. The molecule has 2 aromatic carbocycles. The number of nitrogens with zero attached hydrogens (tertiary/aromatic N) is 1. The zero-order chi connectivity index (χ0) is 15.2. The Kier molecular flexibility index (Phi) is 5.79. The minimum absolute atomic E-state index is 0.0432. The van der Waals surface area contributed by atoms with E-state index in [1.807, 2.05) is 60.5 Å². The topological polar surface area (TPSA) is 32.3 Å². The number of anilines is 1. The van der Waals surface area contributed by atoms with E-state index < -0.39 is 0 Å². The molecule has 0 atom stereocenters. The van der Waals surface area contributed by atoms with Crippen LogP contribution in [0.15, 0.2) is 53.0 Å². The van der Waals surface area contributed by atoms with Crippen molar-refractivity contribution < 1.29 is 4.79 Å². The van der Waals surface area contributed by atoms with Gasteiger partial charge >= 0.3 is 0 Å². The Bertz CT molecular complexity index is 616. The van der Waals surface area contributed by atoms with Crippen LogP contribution in [0.1, 0.15) is 5.56 Å². The average molecular weight is 368 g/mol. The molecule has 0 fully saturated rings. The van der Waals surface area contributed by atoms with Crippen LogP contribution in [0.25, 0.3) is 0 Å². The number of benzene rings is 2. The predicted octanol–water partition coefficient (Wildman–Crippen LogP) is 4.17. The van der Waals surface area contributed by atoms with Gasteiger partial charge in [-0.25, -0.2) is 0 Å². The first-order valence-corrected chi connectivity index (χ1v) is 7.69. The number of para-hydroxylation sites is 1. The summed E-state index contributed by atoms with van der Waals surface area (Å²) in [6.07, 6.45) is 0. The normalized spacial score (nSPS) is 10.7. The summed E-state index contributed by atoms with van der Waals surface area (Å²) in [6, 6.07) is 15.2. The van der Waals surface area contributed by atoms with E-state index >= 15 is 0 Å². The first-order chi connectivity index (χ1) is 10.0. The largest absolute Gasteiger partial charge is 0.324 e. The molecule has 0 aliphatic rings. The number of rotatable bonds is 5. The van der Waals surface area contributed by atoms with Crippen molar-refractivity contribution in [3.05, 3.63) is 63.6 Å². The summed E-state index contributed by atoms with van der Waals surface area (Å²) in [7, 11) is 1.91. The van der Waals surface area contributed by atoms with Gasteiger partial charge in [-0.15, -0.1) is 0 Å². The highest BCUT2D eigenvalue weighted by Crippen LogP contribution is 2.21. The van der Waals surface area contributed by atoms with Gasteiger partial charge in [-0.05, 0) is 52.8 Å². The Morgan fingerprint density at radius 2 is 1.86 bits per heavy atom. The molecule has 5 heteroatoms. The molecule has 0 heterocycles. The van der Waals surface area contributed by atoms with Crippen molar-refractivity contribution in [3.63, 3.8) is 0 Å². The van der Waals surface area contributed by atoms with Crippen molar-refractivity contribution in [2.45, 2.75) is 6.54 Å². The zero-order valence-electron chi connectivity index (χ0n) is 11.6. The molecule has 0 saturated heterocycles. The summed E-state index contributed by atoms with van der Waals surface area (Å²) < 4.78 is 0.874. The fraction of sp³-hybridized carbons (Fsp3) is 0.188. The van der Waals surface area contributed by atoms with Crippen molar-refractivity contribution >= 4 is 39.1 Å². The highest BCUT2D eigenvalue weighted by Gasteiger charge is 2.09. The summed E-state index contributed by atoms with van der Waals surface area (Å²) >= 11 is 9.27. The van der Waals surface area contributed by atoms with Crippen molar-refractivity contribution in [2.75, 3.05) is 18.9 Å². The Morgan fingerprint density at radius 1 is 1.19 bits per heavy atom. The third-order valence-electron chi connectivity index (χ3n) is 2.93. The van der Waals surface area contributed by atoms with Gasteiger partial charge in [0, 0.05) is 16.0 Å². The Balaban J connectivity index is 1.87. The standard InChI is InChI=1S/C16H16BrClN2O/c1-20(10-12-6-8-13(18)9-7-12)11-16(21)19-15-5-3-2-4-14(15)17/h2-9H,10-11H2,1H3,(H,19,21). The minimum atomic E-state index is -0.0432. The highest BCUT2D eigenvalue weighted by atomic mass is 79.9. The number of hydrogen-bond acceptors (Lipinski definition) is 2. The van der Waals surface area contributed by atoms with Gasteiger partial charge in [0.1, 0.15) is 0 Å². The number of hydrogen-bond donors (Lipinski definition) is 1. The zero-order valence-corrected chi connectivity index (χ0v) is 14.0. The lowest BCUT2D eigenvalue weighted by Crippen LogP contribution is -2.29. The van der Waals surface area contributed by atoms with Crippen LogP contribution in [0.3, 0.4) is 0 Å². The maximum atomic E-state index is 12.0. The van der Waals surface area contributed by atoms with Crippen molar-refractivity contribution in [3.8, 4) is 0 Å². The smallest absolute Gasteiger partial charge is 0.238 e. The second kappa shape index (κ2) is 7.59. The summed E-state index contributed by atoms with van der Waals surface area (Å²) in [6.45, 7) is 1.02. The molecule has 2 aromatic rings. The van der Waals surface area contributed by atoms with Crippen LogP contribution in [0.2, 0.25) is 5.02 Å². The van der Waals surface area contributed by atoms with Gasteiger partial charge in [0.2, 0.25) is 5.91 Å². The lowest BCUT2D eigenvalue weighted by Gasteiger charge is -2.16. The highest BCUT2D eigenvalue weighted by molar-refractivity contribution is 9.10. The van der Waals surface area contributed by atoms with Crippen LogP contribution >= 0.6 is 27.5 Å². The molecule has 0 spiro atoms. The number of carbonyl (C=O) groups is 1. The summed E-state index contributed by atoms with van der Waals surface area (Å²) in [5.41, 5.74) is 1.90. The van der Waals surface area contributed by atoms with Crippen molar-refractivity contribution in [2.24, 2.45) is 0 Å². The molecule has 1 N–H and O–H groups in total. The monoisotopic (exact) mass is 366 g/mol. The molecule has 0 radical (unpaired) electrons. The van der Waals surface area contributed by atoms with Gasteiger partial charge in [0.25, 0.3) is 0 Å². The summed E-state index contributed by atoms with van der Waals surface area (Å²) in [5, 5.41) is 3.60. The van der Waals surface area contributed by atoms with Crippen LogP contribution in [0.4, 0.5) is 5.69 Å². The van der Waals surface area contributed by atoms with Crippen LogP contribution in [-0.2, 0) is 11.3 Å². The van der Waals surface area contributed by atoms with Gasteiger partial charge in [-0.2, -0.15) is 0 Å². The molecule has 0 unspecified atom stereocenters. The Hall–Kier alpha value is -1.36. The fourth-order valence-corrected chi connectivity index (χ4v) is 2.46. The lowest BCUT2D eigenvalue weighted by atomic mass is 10.2. The van der Waals surface area contributed by atoms with Gasteiger partial charge < -0.3 is 5.32 Å². The van der Waals surface area contributed by atoms with Crippen LogP contribution in [0.5, 0.6) is 0 Å². The maximum Gasteiger partial charge on any atom is 0.238 e. The fourth-order valence-electron chi connectivity index (χ4n) is 1.95. The molecule has 0 saturated carbocycles. The van der Waals surface area contributed by atoms with E-state index in [-0.39, 0.29) is 5.91 Å². The van der Waals surface area contributed by atoms with E-state index in [9.17, 15) is 4.79 Å². The molecule has 0 bridgehead atoms. The van der Waals surface area contributed by atoms with Gasteiger partial charge in [0.15, 0.2) is 0 Å². The number of nitrogens with one attached hydrogen (secondary N) is 1. The van der Waals surface area contributed by atoms with E-state index in [0.717, 1.165) is 15.7 Å². The molecule has 0 aliphatic carbocycles. The molecule has 21 heavy (non-hydrogen) atoms. The molecule has 3 nitrogen and oxygen atoms in total. The van der Waals surface area contributed by atoms with E-state index in [1.165, 1.54) is 0 Å². The third-order valence-corrected chi connectivity index (χ3v) is 3.87.